The van der Waals surface area contributed by atoms with Gasteiger partial charge in [-0.2, -0.15) is 0 Å². The van der Waals surface area contributed by atoms with Crippen LogP contribution < -0.4 is 0 Å². The number of halogens is 6. The molecule has 0 radical (unpaired) electrons. The van der Waals surface area contributed by atoms with E-state index in [0.717, 1.165) is 46.1 Å². The van der Waals surface area contributed by atoms with E-state index in [4.69, 9.17) is 23.2 Å². The van der Waals surface area contributed by atoms with Crippen molar-refractivity contribution in [3.05, 3.63) is 162 Å². The monoisotopic (exact) mass is 1440 g/mol. The second kappa shape index (κ2) is 32.3. The van der Waals surface area contributed by atoms with E-state index < -0.39 is 59.7 Å². The highest BCUT2D eigenvalue weighted by Crippen LogP contribution is 2.27. The Labute approximate surface area is 488 Å². The minimum Gasteiger partial charge on any atom is -0.248 e. The van der Waals surface area contributed by atoms with Crippen molar-refractivity contribution in [1.82, 2.24) is 0 Å². The number of carbonyl (C=O) groups is 10. The first kappa shape index (κ1) is 62.2. The Bertz CT molecular complexity index is 2690. The molecule has 75 heavy (non-hydrogen) atoms. The fraction of sp³-hybridized carbons (Fsp3) is 0.0698. The van der Waals surface area contributed by atoms with E-state index in [2.05, 4.69) is 113 Å². The van der Waals surface area contributed by atoms with E-state index in [1.165, 1.54) is 57.5 Å². The van der Waals surface area contributed by atoms with Gasteiger partial charge in [0.15, 0.2) is 0 Å². The smallest absolute Gasteiger partial charge is 0.248 e. The summed E-state index contributed by atoms with van der Waals surface area (Å²) in [5, 5.41) is 3.46. The van der Waals surface area contributed by atoms with Crippen molar-refractivity contribution in [1.29, 1.82) is 0 Å². The van der Waals surface area contributed by atoms with Crippen LogP contribution in [0.1, 0.15) is 88.2 Å². The Kier molecular flexibility index (Phi) is 26.7. The van der Waals surface area contributed by atoms with Crippen molar-refractivity contribution in [3.63, 3.8) is 0 Å². The molecule has 7 heterocycles. The zero-order chi connectivity index (χ0) is 55.0. The highest BCUT2D eigenvalue weighted by Gasteiger charge is 2.21. The standard InChI is InChI=1S/2C10H4Br2O4S2.C10H4Cl2O4S2.C9H8O4.C4H4O4/c11-5-1-7(17-3-5)9(13)15-16-10(14)8-2-6(12)4-18-8;2*11-7-3-1-5(17-7)9(13)15-16-10(14)6-2-4-8(12)18-6;1-7(10)12-13-9(11)8-5-3-2-4-6-8;5-3-1-2-4(6)8-7-3/h3*1-4H;2-6H,1H3;1-2H2. The summed E-state index contributed by atoms with van der Waals surface area (Å²) in [7, 11) is 0. The molecule has 1 aliphatic rings. The second-order valence-corrected chi connectivity index (χ2v) is 24.6. The molecule has 0 unspecified atom stereocenters. The summed E-state index contributed by atoms with van der Waals surface area (Å²) in [5.74, 6) is -6.66. The van der Waals surface area contributed by atoms with E-state index in [1.807, 2.05) is 0 Å². The summed E-state index contributed by atoms with van der Waals surface area (Å²) in [5.41, 5.74) is 0.337. The van der Waals surface area contributed by atoms with Gasteiger partial charge in [-0.05, 0) is 137 Å². The number of rotatable bonds is 7. The molecule has 1 aromatic carbocycles. The van der Waals surface area contributed by atoms with E-state index in [-0.39, 0.29) is 22.6 Å². The molecule has 0 aliphatic carbocycles. The minimum absolute atomic E-state index is 0.138. The predicted molar refractivity (Wildman–Crippen MR) is 284 cm³/mol. The fourth-order valence-electron chi connectivity index (χ4n) is 4.11. The largest absolute Gasteiger partial charge is 0.396 e. The van der Waals surface area contributed by atoms with Gasteiger partial charge in [0.2, 0.25) is 0 Å². The molecular formula is C43H24Br4Cl2O20S6. The van der Waals surface area contributed by atoms with Gasteiger partial charge in [0.25, 0.3) is 0 Å². The molecule has 6 aromatic heterocycles. The van der Waals surface area contributed by atoms with Crippen LogP contribution in [0, 0.1) is 0 Å². The Morgan fingerprint density at radius 1 is 0.440 bits per heavy atom. The van der Waals surface area contributed by atoms with Crippen LogP contribution in [0.3, 0.4) is 0 Å². The summed E-state index contributed by atoms with van der Waals surface area (Å²) in [6.45, 7) is 1.15. The van der Waals surface area contributed by atoms with E-state index >= 15 is 0 Å². The first-order chi connectivity index (χ1) is 35.7. The topological polar surface area (TPSA) is 263 Å². The lowest BCUT2D eigenvalue weighted by molar-refractivity contribution is -0.267. The lowest BCUT2D eigenvalue weighted by Crippen LogP contribution is -2.18. The molecular weight excluding hydrogens is 1420 g/mol. The van der Waals surface area contributed by atoms with Gasteiger partial charge in [-0.15, -0.1) is 68.0 Å². The first-order valence-electron chi connectivity index (χ1n) is 19.3. The fourth-order valence-corrected chi connectivity index (χ4v) is 11.0. The van der Waals surface area contributed by atoms with Crippen LogP contribution in [-0.2, 0) is 63.3 Å². The van der Waals surface area contributed by atoms with Crippen molar-refractivity contribution < 1.29 is 96.8 Å². The van der Waals surface area contributed by atoms with E-state index in [1.54, 1.807) is 89.6 Å². The maximum absolute atomic E-state index is 11.5. The van der Waals surface area contributed by atoms with Gasteiger partial charge in [-0.3, -0.25) is 0 Å². The summed E-state index contributed by atoms with van der Waals surface area (Å²) < 4.78 is 4.02. The van der Waals surface area contributed by atoms with Gasteiger partial charge >= 0.3 is 59.7 Å². The molecule has 1 fully saturated rings. The Hall–Kier alpha value is -5.38. The van der Waals surface area contributed by atoms with Crippen molar-refractivity contribution in [2.24, 2.45) is 0 Å². The molecule has 0 amide bonds. The molecule has 0 saturated carbocycles. The third-order valence-electron chi connectivity index (χ3n) is 7.22. The maximum Gasteiger partial charge on any atom is 0.396 e. The summed E-state index contributed by atoms with van der Waals surface area (Å²) in [6.07, 6.45) is 0.275. The lowest BCUT2D eigenvalue weighted by Gasteiger charge is -2.05. The summed E-state index contributed by atoms with van der Waals surface area (Å²) in [6, 6.07) is 24.0. The highest BCUT2D eigenvalue weighted by atomic mass is 79.9. The van der Waals surface area contributed by atoms with Gasteiger partial charge in [-0.25, -0.2) is 96.8 Å². The molecule has 1 saturated heterocycles. The van der Waals surface area contributed by atoms with Crippen LogP contribution in [0.25, 0.3) is 0 Å². The average Bonchev–Trinajstić information content (AvgIpc) is 4.28. The van der Waals surface area contributed by atoms with Gasteiger partial charge in [-0.1, -0.05) is 41.4 Å². The zero-order valence-electron chi connectivity index (χ0n) is 36.6. The third kappa shape index (κ3) is 23.2. The third-order valence-corrected chi connectivity index (χ3v) is 16.2. The van der Waals surface area contributed by atoms with E-state index in [0.29, 0.717) is 33.7 Å². The van der Waals surface area contributed by atoms with E-state index in [9.17, 15) is 47.9 Å². The minimum atomic E-state index is -0.775. The quantitative estimate of drug-likeness (QED) is 0.106. The Morgan fingerprint density at radius 3 is 1.05 bits per heavy atom. The summed E-state index contributed by atoms with van der Waals surface area (Å²) >= 11 is 31.0. The average molecular weight is 1440 g/mol. The Morgan fingerprint density at radius 2 is 0.773 bits per heavy atom. The number of hydrogen-bond acceptors (Lipinski definition) is 26. The van der Waals surface area contributed by atoms with Crippen molar-refractivity contribution in [2.45, 2.75) is 19.8 Å². The zero-order valence-corrected chi connectivity index (χ0v) is 49.4. The van der Waals surface area contributed by atoms with Crippen LogP contribution in [0.5, 0.6) is 0 Å². The van der Waals surface area contributed by atoms with Crippen LogP contribution in [0.15, 0.2) is 118 Å². The van der Waals surface area contributed by atoms with Crippen LogP contribution >= 0.6 is 155 Å². The normalized spacial score (nSPS) is 10.9. The van der Waals surface area contributed by atoms with Gasteiger partial charge in [0.05, 0.1) is 34.7 Å². The van der Waals surface area contributed by atoms with Crippen LogP contribution in [0.2, 0.25) is 8.67 Å². The molecule has 394 valence electrons. The molecule has 0 bridgehead atoms. The molecule has 20 nitrogen and oxygen atoms in total. The number of carbonyl (C=O) groups excluding carboxylic acids is 10. The van der Waals surface area contributed by atoms with Gasteiger partial charge < -0.3 is 0 Å². The Balaban J connectivity index is 0.000000207. The van der Waals surface area contributed by atoms with Gasteiger partial charge in [0, 0.05) is 26.6 Å². The van der Waals surface area contributed by atoms with Crippen molar-refractivity contribution >= 4 is 215 Å². The predicted octanol–water partition coefficient (Wildman–Crippen LogP) is 13.7. The lowest BCUT2D eigenvalue weighted by atomic mass is 10.2. The van der Waals surface area contributed by atoms with Crippen molar-refractivity contribution in [3.8, 4) is 0 Å². The second-order valence-electron chi connectivity index (χ2n) is 12.6. The number of hydrogen-bond donors (Lipinski definition) is 0. The maximum atomic E-state index is 11.5. The molecule has 0 atom stereocenters. The van der Waals surface area contributed by atoms with Crippen molar-refractivity contribution in [2.75, 3.05) is 0 Å². The molecule has 1 aliphatic heterocycles. The van der Waals surface area contributed by atoms with Crippen LogP contribution in [0.4, 0.5) is 0 Å². The molecule has 0 N–H and O–H groups in total. The number of thiophene rings is 6. The molecule has 32 heteroatoms. The SMILES string of the molecule is CC(=O)OOC(=O)c1ccccc1.O=C(OOC(=O)c1cc(Br)cs1)c1cc(Br)cs1.O=C(OOC(=O)c1ccc(Br)s1)c1ccc(Br)s1.O=C(OOC(=O)c1ccc(Cl)s1)c1ccc(Cl)s1.O=C1CCC(=O)OO1. The molecule has 8 rings (SSSR count). The highest BCUT2D eigenvalue weighted by molar-refractivity contribution is 9.11. The molecule has 7 aromatic rings. The van der Waals surface area contributed by atoms with Gasteiger partial charge in [0.1, 0.15) is 29.3 Å². The first-order valence-corrected chi connectivity index (χ1v) is 28.3. The van der Waals surface area contributed by atoms with Crippen LogP contribution in [-0.4, -0.2) is 59.7 Å². The number of benzene rings is 1. The molecule has 0 spiro atoms. The summed E-state index contributed by atoms with van der Waals surface area (Å²) in [4.78, 5) is 155.